The zero-order valence-electron chi connectivity index (χ0n) is 20.2. The second kappa shape index (κ2) is 8.42. The molecule has 0 saturated heterocycles. The first-order chi connectivity index (χ1) is 16.8. The van der Waals surface area contributed by atoms with Gasteiger partial charge in [0, 0.05) is 4.88 Å². The third kappa shape index (κ3) is 3.46. The number of carbonyl (C=O) groups excluding carboxylic acids is 1. The summed E-state index contributed by atoms with van der Waals surface area (Å²) in [5.41, 5.74) is 2.71. The molecule has 0 bridgehead atoms. The first-order valence-electron chi connectivity index (χ1n) is 10.9. The van der Waals surface area contributed by atoms with E-state index < -0.39 is 11.9 Å². The number of benzene rings is 2. The van der Waals surface area contributed by atoms with Crippen molar-refractivity contribution in [3.8, 4) is 17.2 Å². The summed E-state index contributed by atoms with van der Waals surface area (Å²) in [5.74, 6) is 0.824. The Morgan fingerprint density at radius 1 is 0.971 bits per heavy atom. The Morgan fingerprint density at radius 2 is 1.66 bits per heavy atom. The van der Waals surface area contributed by atoms with Crippen LogP contribution in [-0.2, 0) is 0 Å². The average Bonchev–Trinajstić information content (AvgIpc) is 3.34. The van der Waals surface area contributed by atoms with E-state index in [9.17, 15) is 9.59 Å². The zero-order valence-corrected chi connectivity index (χ0v) is 21.0. The van der Waals surface area contributed by atoms with Gasteiger partial charge in [0.25, 0.3) is 5.91 Å². The van der Waals surface area contributed by atoms with E-state index in [1.54, 1.807) is 24.3 Å². The van der Waals surface area contributed by atoms with E-state index in [2.05, 4.69) is 4.98 Å². The molecule has 35 heavy (non-hydrogen) atoms. The molecule has 0 radical (unpaired) electrons. The number of aryl methyl sites for hydroxylation is 3. The Kier molecular flexibility index (Phi) is 5.52. The van der Waals surface area contributed by atoms with Crippen molar-refractivity contribution in [2.24, 2.45) is 0 Å². The van der Waals surface area contributed by atoms with Gasteiger partial charge in [0.05, 0.1) is 44.0 Å². The number of ether oxygens (including phenoxy) is 3. The van der Waals surface area contributed by atoms with Crippen molar-refractivity contribution in [2.75, 3.05) is 26.2 Å². The van der Waals surface area contributed by atoms with E-state index >= 15 is 0 Å². The predicted molar refractivity (Wildman–Crippen MR) is 134 cm³/mol. The van der Waals surface area contributed by atoms with Crippen LogP contribution in [0.3, 0.4) is 0 Å². The van der Waals surface area contributed by atoms with Gasteiger partial charge in [-0.1, -0.05) is 11.6 Å². The Morgan fingerprint density at radius 3 is 2.23 bits per heavy atom. The van der Waals surface area contributed by atoms with Crippen LogP contribution in [0.5, 0.6) is 17.2 Å². The lowest BCUT2D eigenvalue weighted by molar-refractivity contribution is 0.0971. The second-order valence-corrected chi connectivity index (χ2v) is 9.53. The molecule has 3 heterocycles. The molecule has 2 aromatic carbocycles. The van der Waals surface area contributed by atoms with E-state index in [0.717, 1.165) is 16.1 Å². The third-order valence-corrected chi connectivity index (χ3v) is 7.32. The van der Waals surface area contributed by atoms with Crippen LogP contribution in [0, 0.1) is 20.8 Å². The molecule has 0 fully saturated rings. The minimum atomic E-state index is -0.794. The highest BCUT2D eigenvalue weighted by Crippen LogP contribution is 2.47. The molecule has 4 aromatic rings. The van der Waals surface area contributed by atoms with Gasteiger partial charge < -0.3 is 18.6 Å². The molecule has 1 aliphatic heterocycles. The lowest BCUT2D eigenvalue weighted by Gasteiger charge is -2.24. The molecular weight excluding hydrogens is 468 g/mol. The Hall–Kier alpha value is -3.85. The van der Waals surface area contributed by atoms with Gasteiger partial charge in [-0.25, -0.2) is 4.98 Å². The van der Waals surface area contributed by atoms with Crippen LogP contribution in [0.2, 0.25) is 0 Å². The van der Waals surface area contributed by atoms with Crippen molar-refractivity contribution in [1.29, 1.82) is 0 Å². The van der Waals surface area contributed by atoms with E-state index in [1.807, 2.05) is 26.8 Å². The van der Waals surface area contributed by atoms with E-state index in [0.29, 0.717) is 38.9 Å². The van der Waals surface area contributed by atoms with E-state index in [-0.39, 0.29) is 16.8 Å². The first kappa shape index (κ1) is 22.9. The number of fused-ring (bicyclic) bond motifs is 2. The average molecular weight is 493 g/mol. The maximum absolute atomic E-state index is 13.8. The topological polar surface area (TPSA) is 91.1 Å². The highest BCUT2D eigenvalue weighted by molar-refractivity contribution is 7.15. The van der Waals surface area contributed by atoms with Crippen LogP contribution in [-0.4, -0.2) is 32.2 Å². The molecule has 0 N–H and O–H groups in total. The van der Waals surface area contributed by atoms with Crippen LogP contribution in [0.4, 0.5) is 5.13 Å². The number of nitrogens with zero attached hydrogens (tertiary/aromatic N) is 2. The predicted octanol–water partition coefficient (Wildman–Crippen LogP) is 4.95. The fourth-order valence-corrected chi connectivity index (χ4v) is 5.35. The number of aromatic nitrogens is 1. The first-order valence-corrected chi connectivity index (χ1v) is 11.8. The van der Waals surface area contributed by atoms with Crippen LogP contribution in [0.1, 0.15) is 43.9 Å². The van der Waals surface area contributed by atoms with Gasteiger partial charge in [-0.05, 0) is 50.6 Å². The summed E-state index contributed by atoms with van der Waals surface area (Å²) >= 11 is 1.39. The quantitative estimate of drug-likeness (QED) is 0.389. The molecule has 5 rings (SSSR count). The van der Waals surface area contributed by atoms with Crippen LogP contribution in [0.25, 0.3) is 11.0 Å². The normalized spacial score (nSPS) is 15.0. The van der Waals surface area contributed by atoms with Gasteiger partial charge in [0.15, 0.2) is 22.1 Å². The van der Waals surface area contributed by atoms with Crippen molar-refractivity contribution in [2.45, 2.75) is 26.8 Å². The highest BCUT2D eigenvalue weighted by Gasteiger charge is 2.45. The highest BCUT2D eigenvalue weighted by atomic mass is 32.1. The number of hydrogen-bond acceptors (Lipinski definition) is 8. The van der Waals surface area contributed by atoms with Gasteiger partial charge in [0.2, 0.25) is 11.5 Å². The molecule has 9 heteroatoms. The largest absolute Gasteiger partial charge is 0.493 e. The van der Waals surface area contributed by atoms with Gasteiger partial charge >= 0.3 is 0 Å². The van der Waals surface area contributed by atoms with Gasteiger partial charge in [-0.2, -0.15) is 0 Å². The number of methoxy groups -OCH3 is 3. The zero-order chi connectivity index (χ0) is 25.0. The fraction of sp³-hybridized carbons (Fsp3) is 0.269. The van der Waals surface area contributed by atoms with Gasteiger partial charge in [0.1, 0.15) is 5.58 Å². The van der Waals surface area contributed by atoms with Crippen molar-refractivity contribution in [3.63, 3.8) is 0 Å². The molecule has 1 unspecified atom stereocenters. The third-order valence-electron chi connectivity index (χ3n) is 6.25. The number of carbonyl (C=O) groups is 1. The van der Waals surface area contributed by atoms with Crippen molar-refractivity contribution in [3.05, 3.63) is 73.6 Å². The smallest absolute Gasteiger partial charge is 0.297 e. The Bertz CT molecular complexity index is 1510. The molecule has 0 aliphatic carbocycles. The number of rotatable bonds is 5. The minimum Gasteiger partial charge on any atom is -0.493 e. The molecular formula is C26H24N2O6S. The molecule has 1 atom stereocenters. The maximum Gasteiger partial charge on any atom is 0.297 e. The SMILES string of the molecule is COc1cc(C2c3c(oc4ccc(C)cc4c3=O)C(=O)N2c2nc(C)c(C)s2)cc(OC)c1OC. The van der Waals surface area contributed by atoms with Crippen LogP contribution in [0.15, 0.2) is 39.5 Å². The second-order valence-electron chi connectivity index (χ2n) is 8.35. The molecule has 1 amide bonds. The summed E-state index contributed by atoms with van der Waals surface area (Å²) in [5, 5.41) is 0.900. The molecule has 8 nitrogen and oxygen atoms in total. The monoisotopic (exact) mass is 492 g/mol. The van der Waals surface area contributed by atoms with Crippen LogP contribution >= 0.6 is 11.3 Å². The summed E-state index contributed by atoms with van der Waals surface area (Å²) in [7, 11) is 4.56. The molecule has 2 aromatic heterocycles. The molecule has 180 valence electrons. The Balaban J connectivity index is 1.85. The maximum atomic E-state index is 13.8. The van der Waals surface area contributed by atoms with Crippen LogP contribution < -0.4 is 24.5 Å². The molecule has 0 saturated carbocycles. The van der Waals surface area contributed by atoms with Crippen molar-refractivity contribution >= 4 is 33.3 Å². The van der Waals surface area contributed by atoms with Gasteiger partial charge in [-0.3, -0.25) is 14.5 Å². The van der Waals surface area contributed by atoms with E-state index in [1.165, 1.54) is 37.6 Å². The molecule has 1 aliphatic rings. The lowest BCUT2D eigenvalue weighted by atomic mass is 9.97. The lowest BCUT2D eigenvalue weighted by Crippen LogP contribution is -2.29. The number of hydrogen-bond donors (Lipinski definition) is 0. The molecule has 0 spiro atoms. The summed E-state index contributed by atoms with van der Waals surface area (Å²) in [6.45, 7) is 5.73. The summed E-state index contributed by atoms with van der Waals surface area (Å²) in [6.07, 6.45) is 0. The van der Waals surface area contributed by atoms with Crippen molar-refractivity contribution in [1.82, 2.24) is 4.98 Å². The summed E-state index contributed by atoms with van der Waals surface area (Å²) in [6, 6.07) is 8.03. The summed E-state index contributed by atoms with van der Waals surface area (Å²) in [4.78, 5) is 34.7. The van der Waals surface area contributed by atoms with E-state index in [4.69, 9.17) is 18.6 Å². The number of anilines is 1. The number of thiazole rings is 1. The standard InChI is InChI=1S/C26H24N2O6S/c1-12-7-8-17-16(9-12)22(29)20-21(15-10-18(31-4)23(33-6)19(11-15)32-5)28(25(30)24(20)34-17)26-27-13(2)14(3)35-26/h7-11,21H,1-6H3. The Labute approximate surface area is 205 Å². The fourth-order valence-electron chi connectivity index (χ4n) is 4.42. The summed E-state index contributed by atoms with van der Waals surface area (Å²) < 4.78 is 22.6. The number of amides is 1. The van der Waals surface area contributed by atoms with Gasteiger partial charge in [-0.15, -0.1) is 11.3 Å². The van der Waals surface area contributed by atoms with Crippen molar-refractivity contribution < 1.29 is 23.4 Å². The minimum absolute atomic E-state index is 0.00982.